The van der Waals surface area contributed by atoms with Crippen molar-refractivity contribution in [2.24, 2.45) is 5.92 Å². The highest BCUT2D eigenvalue weighted by Gasteiger charge is 2.44. The molecule has 1 heterocycles. The third kappa shape index (κ3) is 3.26. The maximum atomic E-state index is 12.8. The Morgan fingerprint density at radius 2 is 2.00 bits per heavy atom. The summed E-state index contributed by atoms with van der Waals surface area (Å²) in [6.45, 7) is 8.54. The number of ketones is 1. The zero-order chi connectivity index (χ0) is 18.7. The highest BCUT2D eigenvalue weighted by molar-refractivity contribution is 6.00. The molecule has 1 aromatic rings. The first-order valence-electron chi connectivity index (χ1n) is 9.18. The predicted octanol–water partition coefficient (Wildman–Crippen LogP) is 3.47. The average molecular weight is 355 g/mol. The van der Waals surface area contributed by atoms with Crippen LogP contribution in [0.15, 0.2) is 47.8 Å². The van der Waals surface area contributed by atoms with E-state index in [2.05, 4.69) is 11.9 Å². The van der Waals surface area contributed by atoms with Gasteiger partial charge in [0.05, 0.1) is 13.2 Å². The largest absolute Gasteiger partial charge is 0.494 e. The lowest BCUT2D eigenvalue weighted by Crippen LogP contribution is -2.41. The molecule has 0 spiro atoms. The van der Waals surface area contributed by atoms with Crippen LogP contribution in [0.4, 0.5) is 0 Å². The van der Waals surface area contributed by atoms with E-state index in [1.807, 2.05) is 31.2 Å². The van der Waals surface area contributed by atoms with Crippen molar-refractivity contribution in [3.63, 3.8) is 0 Å². The average Bonchev–Trinajstić information content (AvgIpc) is 2.62. The summed E-state index contributed by atoms with van der Waals surface area (Å²) in [6, 6.07) is 7.59. The third-order valence-electron chi connectivity index (χ3n) is 4.88. The molecule has 5 heteroatoms. The van der Waals surface area contributed by atoms with E-state index in [9.17, 15) is 9.59 Å². The van der Waals surface area contributed by atoms with Crippen molar-refractivity contribution in [3.05, 3.63) is 53.4 Å². The number of carbonyl (C=O) groups is 2. The highest BCUT2D eigenvalue weighted by atomic mass is 16.5. The molecule has 5 nitrogen and oxygen atoms in total. The van der Waals surface area contributed by atoms with E-state index in [0.717, 1.165) is 24.1 Å². The van der Waals surface area contributed by atoms with E-state index in [1.54, 1.807) is 6.92 Å². The Bertz CT molecular complexity index is 765. The summed E-state index contributed by atoms with van der Waals surface area (Å²) in [4.78, 5) is 25.5. The molecule has 138 valence electrons. The minimum absolute atomic E-state index is 0.0804. The zero-order valence-corrected chi connectivity index (χ0v) is 15.3. The van der Waals surface area contributed by atoms with Gasteiger partial charge in [0.25, 0.3) is 0 Å². The van der Waals surface area contributed by atoms with Gasteiger partial charge in [0.15, 0.2) is 5.78 Å². The molecule has 2 aliphatic rings. The van der Waals surface area contributed by atoms with Crippen LogP contribution in [0.25, 0.3) is 0 Å². The molecule has 0 bridgehead atoms. The van der Waals surface area contributed by atoms with Gasteiger partial charge in [-0.15, -0.1) is 0 Å². The Balaban J connectivity index is 2.17. The zero-order valence-electron chi connectivity index (χ0n) is 15.3. The summed E-state index contributed by atoms with van der Waals surface area (Å²) in [5, 5.41) is 3.21. The molecule has 2 atom stereocenters. The normalized spacial score (nSPS) is 22.5. The first-order valence-corrected chi connectivity index (χ1v) is 9.18. The molecule has 0 aromatic heterocycles. The molecule has 1 aliphatic heterocycles. The summed E-state index contributed by atoms with van der Waals surface area (Å²) in [5.74, 6) is -0.692. The SMILES string of the molecule is C=C1NC2=C(C(=O)CCC2)C(c2ccccc2OCC)C1C(=O)OCC. The number of ether oxygens (including phenoxy) is 2. The molecule has 2 unspecified atom stereocenters. The van der Waals surface area contributed by atoms with Gasteiger partial charge in [-0.3, -0.25) is 9.59 Å². The van der Waals surface area contributed by atoms with Crippen LogP contribution in [-0.4, -0.2) is 25.0 Å². The number of allylic oxidation sites excluding steroid dienone is 2. The van der Waals surface area contributed by atoms with E-state index >= 15 is 0 Å². The van der Waals surface area contributed by atoms with E-state index in [0.29, 0.717) is 30.0 Å². The number of Topliss-reactive ketones (excluding diaryl/α,β-unsaturated/α-hetero) is 1. The number of rotatable bonds is 5. The Morgan fingerprint density at radius 3 is 2.73 bits per heavy atom. The van der Waals surface area contributed by atoms with Crippen molar-refractivity contribution in [3.8, 4) is 5.75 Å². The maximum absolute atomic E-state index is 12.8. The quantitative estimate of drug-likeness (QED) is 0.820. The van der Waals surface area contributed by atoms with Crippen LogP contribution in [0.1, 0.15) is 44.6 Å². The molecule has 3 rings (SSSR count). The van der Waals surface area contributed by atoms with Gasteiger partial charge >= 0.3 is 5.97 Å². The van der Waals surface area contributed by atoms with E-state index in [1.165, 1.54) is 0 Å². The molecule has 0 fully saturated rings. The van der Waals surface area contributed by atoms with Crippen molar-refractivity contribution >= 4 is 11.8 Å². The molecule has 0 saturated carbocycles. The first-order chi connectivity index (χ1) is 12.6. The number of carbonyl (C=O) groups excluding carboxylic acids is 2. The molecule has 0 saturated heterocycles. The van der Waals surface area contributed by atoms with Crippen LogP contribution in [0.2, 0.25) is 0 Å². The van der Waals surface area contributed by atoms with Gasteiger partial charge in [-0.05, 0) is 32.8 Å². The second-order valence-electron chi connectivity index (χ2n) is 6.50. The minimum Gasteiger partial charge on any atom is -0.494 e. The third-order valence-corrected chi connectivity index (χ3v) is 4.88. The standard InChI is InChI=1S/C21H25NO4/c1-4-25-17-12-7-6-9-14(17)19-18(21(24)26-5-2)13(3)22-15-10-8-11-16(23)20(15)19/h6-7,9,12,18-19,22H,3-5,8,10-11H2,1-2H3. The van der Waals surface area contributed by atoms with Gasteiger partial charge in [0.2, 0.25) is 0 Å². The summed E-state index contributed by atoms with van der Waals surface area (Å²) < 4.78 is 11.1. The number of benzene rings is 1. The van der Waals surface area contributed by atoms with Gasteiger partial charge in [0.1, 0.15) is 11.7 Å². The van der Waals surface area contributed by atoms with Gasteiger partial charge in [-0.1, -0.05) is 24.8 Å². The molecule has 1 N–H and O–H groups in total. The lowest BCUT2D eigenvalue weighted by molar-refractivity contribution is -0.147. The summed E-state index contributed by atoms with van der Waals surface area (Å²) in [7, 11) is 0. The lowest BCUT2D eigenvalue weighted by Gasteiger charge is -2.38. The predicted molar refractivity (Wildman–Crippen MR) is 98.6 cm³/mol. The molecule has 0 radical (unpaired) electrons. The van der Waals surface area contributed by atoms with Crippen LogP contribution in [0.5, 0.6) is 5.75 Å². The lowest BCUT2D eigenvalue weighted by atomic mass is 9.71. The Labute approximate surface area is 154 Å². The van der Waals surface area contributed by atoms with Crippen LogP contribution >= 0.6 is 0 Å². The Morgan fingerprint density at radius 1 is 1.23 bits per heavy atom. The molecule has 1 aliphatic carbocycles. The van der Waals surface area contributed by atoms with E-state index in [4.69, 9.17) is 9.47 Å². The van der Waals surface area contributed by atoms with Gasteiger partial charge in [-0.25, -0.2) is 0 Å². The molecular formula is C21H25NO4. The summed E-state index contributed by atoms with van der Waals surface area (Å²) in [5.41, 5.74) is 2.96. The summed E-state index contributed by atoms with van der Waals surface area (Å²) >= 11 is 0. The van der Waals surface area contributed by atoms with Crippen molar-refractivity contribution in [2.75, 3.05) is 13.2 Å². The smallest absolute Gasteiger partial charge is 0.315 e. The number of para-hydroxylation sites is 1. The second-order valence-corrected chi connectivity index (χ2v) is 6.50. The highest BCUT2D eigenvalue weighted by Crippen LogP contribution is 2.46. The number of hydrogen-bond acceptors (Lipinski definition) is 5. The monoisotopic (exact) mass is 355 g/mol. The fourth-order valence-corrected chi connectivity index (χ4v) is 3.86. The van der Waals surface area contributed by atoms with Crippen LogP contribution < -0.4 is 10.1 Å². The van der Waals surface area contributed by atoms with Crippen molar-refractivity contribution < 1.29 is 19.1 Å². The van der Waals surface area contributed by atoms with Gasteiger partial charge in [-0.2, -0.15) is 0 Å². The van der Waals surface area contributed by atoms with E-state index in [-0.39, 0.29) is 18.4 Å². The Hall–Kier alpha value is -2.56. The number of esters is 1. The fraction of sp³-hybridized carbons (Fsp3) is 0.429. The van der Waals surface area contributed by atoms with Crippen molar-refractivity contribution in [1.82, 2.24) is 5.32 Å². The fourth-order valence-electron chi connectivity index (χ4n) is 3.86. The van der Waals surface area contributed by atoms with Crippen LogP contribution in [-0.2, 0) is 14.3 Å². The topological polar surface area (TPSA) is 64.6 Å². The Kier molecular flexibility index (Phi) is 5.45. The minimum atomic E-state index is -0.655. The molecular weight excluding hydrogens is 330 g/mol. The molecule has 26 heavy (non-hydrogen) atoms. The maximum Gasteiger partial charge on any atom is 0.315 e. The van der Waals surface area contributed by atoms with E-state index < -0.39 is 11.8 Å². The van der Waals surface area contributed by atoms with Gasteiger partial charge < -0.3 is 14.8 Å². The van der Waals surface area contributed by atoms with Crippen LogP contribution in [0, 0.1) is 5.92 Å². The number of nitrogens with one attached hydrogen (secondary N) is 1. The van der Waals surface area contributed by atoms with Gasteiger partial charge in [0, 0.05) is 34.9 Å². The molecule has 1 aromatic carbocycles. The second kappa shape index (κ2) is 7.77. The summed E-state index contributed by atoms with van der Waals surface area (Å²) in [6.07, 6.45) is 2.08. The van der Waals surface area contributed by atoms with Crippen LogP contribution in [0.3, 0.4) is 0 Å². The van der Waals surface area contributed by atoms with Crippen molar-refractivity contribution in [1.29, 1.82) is 0 Å². The number of hydrogen-bond donors (Lipinski definition) is 1. The first kappa shape index (κ1) is 18.2. The molecule has 0 amide bonds. The van der Waals surface area contributed by atoms with Crippen molar-refractivity contribution in [2.45, 2.75) is 39.0 Å².